The highest BCUT2D eigenvalue weighted by molar-refractivity contribution is 6.34. The maximum atomic E-state index is 12.1. The molecule has 2 aromatic carbocycles. The number of carbonyl (C=O) groups excluding carboxylic acids is 1. The normalized spacial score (nSPS) is 10.3. The van der Waals surface area contributed by atoms with Gasteiger partial charge in [0.2, 0.25) is 0 Å². The molecule has 0 radical (unpaired) electrons. The summed E-state index contributed by atoms with van der Waals surface area (Å²) in [4.78, 5) is 12.1. The molecule has 0 aliphatic carbocycles. The molecular weight excluding hydrogens is 285 g/mol. The van der Waals surface area contributed by atoms with Gasteiger partial charge in [0.1, 0.15) is 5.75 Å². The molecule has 0 aliphatic rings. The molecule has 0 saturated heterocycles. The number of amides is 1. The minimum Gasteiger partial charge on any atom is -0.508 e. The highest BCUT2D eigenvalue weighted by Crippen LogP contribution is 2.26. The van der Waals surface area contributed by atoms with Gasteiger partial charge in [0, 0.05) is 16.7 Å². The van der Waals surface area contributed by atoms with Crippen molar-refractivity contribution in [3.63, 3.8) is 0 Å². The van der Waals surface area contributed by atoms with E-state index in [1.54, 1.807) is 18.2 Å². The third-order valence-electron chi connectivity index (χ3n) is 2.51. The molecule has 98 valence electrons. The Morgan fingerprint density at radius 3 is 2.53 bits per heavy atom. The van der Waals surface area contributed by atoms with E-state index in [0.29, 0.717) is 16.3 Å². The highest BCUT2D eigenvalue weighted by Gasteiger charge is 2.10. The number of halogens is 2. The lowest BCUT2D eigenvalue weighted by Crippen LogP contribution is -2.12. The van der Waals surface area contributed by atoms with Gasteiger partial charge >= 0.3 is 0 Å². The van der Waals surface area contributed by atoms with Crippen LogP contribution in [0.25, 0.3) is 0 Å². The average Bonchev–Trinajstić information content (AvgIpc) is 2.31. The van der Waals surface area contributed by atoms with Gasteiger partial charge in [0.05, 0.1) is 10.7 Å². The maximum absolute atomic E-state index is 12.1. The van der Waals surface area contributed by atoms with Crippen LogP contribution in [0.2, 0.25) is 10.0 Å². The fourth-order valence-corrected chi connectivity index (χ4v) is 2.18. The van der Waals surface area contributed by atoms with Crippen LogP contribution in [0.1, 0.15) is 15.9 Å². The number of anilines is 1. The molecule has 0 saturated carbocycles. The van der Waals surface area contributed by atoms with Crippen LogP contribution in [0.5, 0.6) is 5.75 Å². The first-order valence-electron chi connectivity index (χ1n) is 5.53. The van der Waals surface area contributed by atoms with E-state index in [-0.39, 0.29) is 16.7 Å². The molecule has 2 N–H and O–H groups in total. The van der Waals surface area contributed by atoms with Crippen molar-refractivity contribution in [3.05, 3.63) is 57.6 Å². The third-order valence-corrected chi connectivity index (χ3v) is 3.04. The number of hydrogen-bond acceptors (Lipinski definition) is 2. The number of hydrogen-bond donors (Lipinski definition) is 2. The van der Waals surface area contributed by atoms with Crippen LogP contribution in [0.4, 0.5) is 5.69 Å². The summed E-state index contributed by atoms with van der Waals surface area (Å²) >= 11 is 11.8. The summed E-state index contributed by atoms with van der Waals surface area (Å²) in [5, 5.41) is 12.7. The SMILES string of the molecule is Cc1cc(Cl)cc(C(=O)Nc2ccc(O)cc2Cl)c1. The first-order valence-corrected chi connectivity index (χ1v) is 6.28. The van der Waals surface area contributed by atoms with Crippen LogP contribution >= 0.6 is 23.2 Å². The van der Waals surface area contributed by atoms with Crippen LogP contribution in [0.3, 0.4) is 0 Å². The van der Waals surface area contributed by atoms with Crippen molar-refractivity contribution in [3.8, 4) is 5.75 Å². The summed E-state index contributed by atoms with van der Waals surface area (Å²) in [6.07, 6.45) is 0. The molecule has 19 heavy (non-hydrogen) atoms. The molecule has 3 nitrogen and oxygen atoms in total. The largest absolute Gasteiger partial charge is 0.508 e. The second-order valence-corrected chi connectivity index (χ2v) is 4.98. The van der Waals surface area contributed by atoms with E-state index in [9.17, 15) is 9.90 Å². The summed E-state index contributed by atoms with van der Waals surface area (Å²) in [7, 11) is 0. The molecule has 0 aromatic heterocycles. The molecule has 0 fully saturated rings. The van der Waals surface area contributed by atoms with Gasteiger partial charge < -0.3 is 10.4 Å². The van der Waals surface area contributed by atoms with Gasteiger partial charge in [-0.3, -0.25) is 4.79 Å². The summed E-state index contributed by atoms with van der Waals surface area (Å²) in [6.45, 7) is 1.86. The predicted molar refractivity (Wildman–Crippen MR) is 77.3 cm³/mol. The topological polar surface area (TPSA) is 49.3 Å². The number of phenolic OH excluding ortho intramolecular Hbond substituents is 1. The quantitative estimate of drug-likeness (QED) is 0.813. The highest BCUT2D eigenvalue weighted by atomic mass is 35.5. The Labute approximate surface area is 120 Å². The molecule has 5 heteroatoms. The van der Waals surface area contributed by atoms with E-state index in [1.807, 2.05) is 6.92 Å². The lowest BCUT2D eigenvalue weighted by atomic mass is 10.1. The Balaban J connectivity index is 2.25. The number of aryl methyl sites for hydroxylation is 1. The van der Waals surface area contributed by atoms with Crippen LogP contribution in [0, 0.1) is 6.92 Å². The van der Waals surface area contributed by atoms with Gasteiger partial charge in [0.15, 0.2) is 0 Å². The van der Waals surface area contributed by atoms with Crippen molar-refractivity contribution < 1.29 is 9.90 Å². The summed E-state index contributed by atoms with van der Waals surface area (Å²) in [5.41, 5.74) is 1.78. The Kier molecular flexibility index (Phi) is 3.98. The smallest absolute Gasteiger partial charge is 0.255 e. The number of nitrogens with one attached hydrogen (secondary N) is 1. The second-order valence-electron chi connectivity index (χ2n) is 4.14. The van der Waals surface area contributed by atoms with Crippen LogP contribution < -0.4 is 5.32 Å². The molecular formula is C14H11Cl2NO2. The van der Waals surface area contributed by atoms with Gasteiger partial charge in [-0.25, -0.2) is 0 Å². The standard InChI is InChI=1S/C14H11Cl2NO2/c1-8-4-9(6-10(15)5-8)14(19)17-13-3-2-11(18)7-12(13)16/h2-7,18H,1H3,(H,17,19). The molecule has 0 heterocycles. The van der Waals surface area contributed by atoms with Gasteiger partial charge in [-0.05, 0) is 42.8 Å². The minimum atomic E-state index is -0.307. The Bertz CT molecular complexity index is 621. The zero-order chi connectivity index (χ0) is 14.0. The van der Waals surface area contributed by atoms with Crippen LogP contribution in [-0.4, -0.2) is 11.0 Å². The molecule has 0 aliphatic heterocycles. The van der Waals surface area contributed by atoms with Crippen molar-refractivity contribution in [2.75, 3.05) is 5.32 Å². The van der Waals surface area contributed by atoms with Crippen molar-refractivity contribution >= 4 is 34.8 Å². The second kappa shape index (κ2) is 5.51. The lowest BCUT2D eigenvalue weighted by molar-refractivity contribution is 0.102. The van der Waals surface area contributed by atoms with Gasteiger partial charge in [-0.1, -0.05) is 23.2 Å². The van der Waals surface area contributed by atoms with Gasteiger partial charge in [-0.15, -0.1) is 0 Å². The number of benzene rings is 2. The predicted octanol–water partition coefficient (Wildman–Crippen LogP) is 4.26. The third kappa shape index (κ3) is 3.40. The zero-order valence-corrected chi connectivity index (χ0v) is 11.6. The maximum Gasteiger partial charge on any atom is 0.255 e. The van der Waals surface area contributed by atoms with E-state index in [2.05, 4.69) is 5.32 Å². The number of phenols is 1. The Morgan fingerprint density at radius 2 is 1.89 bits per heavy atom. The van der Waals surface area contributed by atoms with E-state index in [1.165, 1.54) is 18.2 Å². The van der Waals surface area contributed by atoms with Gasteiger partial charge in [-0.2, -0.15) is 0 Å². The molecule has 0 unspecified atom stereocenters. The molecule has 1 amide bonds. The van der Waals surface area contributed by atoms with Gasteiger partial charge in [0.25, 0.3) is 5.91 Å². The van der Waals surface area contributed by atoms with Crippen molar-refractivity contribution in [1.82, 2.24) is 0 Å². The number of rotatable bonds is 2. The fourth-order valence-electron chi connectivity index (χ4n) is 1.67. The van der Waals surface area contributed by atoms with E-state index in [4.69, 9.17) is 23.2 Å². The van der Waals surface area contributed by atoms with Crippen molar-refractivity contribution in [1.29, 1.82) is 0 Å². The van der Waals surface area contributed by atoms with E-state index in [0.717, 1.165) is 5.56 Å². The van der Waals surface area contributed by atoms with E-state index >= 15 is 0 Å². The molecule has 0 atom stereocenters. The minimum absolute atomic E-state index is 0.0431. The fraction of sp³-hybridized carbons (Fsp3) is 0.0714. The summed E-state index contributed by atoms with van der Waals surface area (Å²) < 4.78 is 0. The zero-order valence-electron chi connectivity index (χ0n) is 10.1. The van der Waals surface area contributed by atoms with E-state index < -0.39 is 0 Å². The molecule has 2 rings (SSSR count). The first kappa shape index (κ1) is 13.7. The first-order chi connectivity index (χ1) is 8.95. The van der Waals surface area contributed by atoms with Crippen molar-refractivity contribution in [2.24, 2.45) is 0 Å². The molecule has 0 spiro atoms. The molecule has 2 aromatic rings. The molecule has 0 bridgehead atoms. The monoisotopic (exact) mass is 295 g/mol. The number of carbonyl (C=O) groups is 1. The van der Waals surface area contributed by atoms with Crippen LogP contribution in [0.15, 0.2) is 36.4 Å². The van der Waals surface area contributed by atoms with Crippen molar-refractivity contribution in [2.45, 2.75) is 6.92 Å². The average molecular weight is 296 g/mol. The summed E-state index contributed by atoms with van der Waals surface area (Å²) in [5.74, 6) is -0.264. The number of aromatic hydroxyl groups is 1. The Morgan fingerprint density at radius 1 is 1.16 bits per heavy atom. The Hall–Kier alpha value is -1.71. The van der Waals surface area contributed by atoms with Crippen LogP contribution in [-0.2, 0) is 0 Å². The lowest BCUT2D eigenvalue weighted by Gasteiger charge is -2.08. The summed E-state index contributed by atoms with van der Waals surface area (Å²) in [6, 6.07) is 9.43.